The van der Waals surface area contributed by atoms with Crippen LogP contribution in [0.1, 0.15) is 28.8 Å². The molecule has 22 heteroatoms. The molecule has 0 spiro atoms. The molecule has 0 aliphatic carbocycles. The Bertz CT molecular complexity index is 3120. The maximum Gasteiger partial charge on any atom is 0.267 e. The van der Waals surface area contributed by atoms with Crippen molar-refractivity contribution in [1.82, 2.24) is 30.5 Å². The number of hydrogen-bond acceptors (Lipinski definition) is 17. The number of carbonyl (C=O) groups excluding carboxylic acids is 5. The van der Waals surface area contributed by atoms with E-state index in [1.54, 1.807) is 29.2 Å². The Morgan fingerprint density at radius 3 is 2.05 bits per heavy atom. The first-order valence-corrected chi connectivity index (χ1v) is 24.6. The van der Waals surface area contributed by atoms with E-state index in [1.165, 1.54) is 18.2 Å². The minimum absolute atomic E-state index is 0.00612. The molecule has 0 saturated heterocycles. The van der Waals surface area contributed by atoms with Crippen LogP contribution in [0.25, 0.3) is 44.8 Å². The molecule has 2 aromatic heterocycles. The fourth-order valence-corrected chi connectivity index (χ4v) is 8.47. The van der Waals surface area contributed by atoms with Crippen molar-refractivity contribution in [2.45, 2.75) is 25.9 Å². The van der Waals surface area contributed by atoms with E-state index in [2.05, 4.69) is 33.6 Å². The fraction of sp³-hybridized carbons (Fsp3) is 0.321. The Morgan fingerprint density at radius 2 is 1.36 bits per heavy atom. The molecule has 0 atom stereocenters. The Morgan fingerprint density at radius 1 is 0.707 bits per heavy atom. The number of anilines is 1. The van der Waals surface area contributed by atoms with E-state index in [-0.39, 0.29) is 84.5 Å². The van der Waals surface area contributed by atoms with Crippen LogP contribution >= 0.6 is 12.6 Å². The lowest BCUT2D eigenvalue weighted by molar-refractivity contribution is -0.137. The van der Waals surface area contributed by atoms with Gasteiger partial charge in [0, 0.05) is 66.9 Å². The number of nitrogens with zero attached hydrogens (tertiary/aromatic N) is 5. The first-order valence-electron chi connectivity index (χ1n) is 24.2. The van der Waals surface area contributed by atoms with Gasteiger partial charge in [-0.05, 0) is 35.9 Å². The van der Waals surface area contributed by atoms with Crippen LogP contribution in [-0.2, 0) is 56.0 Å². The van der Waals surface area contributed by atoms with Crippen molar-refractivity contribution in [1.29, 1.82) is 0 Å². The van der Waals surface area contributed by atoms with Gasteiger partial charge in [-0.15, -0.1) is 17.7 Å². The number of phenolic OH excluding ortho intramolecular Hbond substituents is 2. The topological polar surface area (TPSA) is 263 Å². The average molecular weight is 1050 g/mol. The van der Waals surface area contributed by atoms with E-state index in [9.17, 15) is 39.0 Å². The number of benzene rings is 4. The molecule has 4 aromatic carbocycles. The lowest BCUT2D eigenvalue weighted by Crippen LogP contribution is -2.37. The maximum atomic E-state index is 13.9. The second-order valence-corrected chi connectivity index (χ2v) is 17.5. The lowest BCUT2D eigenvalue weighted by Gasteiger charge is -2.28. The van der Waals surface area contributed by atoms with Gasteiger partial charge in [0.25, 0.3) is 17.7 Å². The summed E-state index contributed by atoms with van der Waals surface area (Å²) in [5.74, 6) is -2.73. The van der Waals surface area contributed by atoms with Crippen molar-refractivity contribution >= 4 is 58.8 Å². The van der Waals surface area contributed by atoms with E-state index >= 15 is 0 Å². The number of phenols is 2. The van der Waals surface area contributed by atoms with E-state index < -0.39 is 29.2 Å². The number of carbonyl (C=O) groups is 5. The monoisotopic (exact) mass is 1050 g/mol. The van der Waals surface area contributed by atoms with Gasteiger partial charge in [-0.1, -0.05) is 59.8 Å². The summed E-state index contributed by atoms with van der Waals surface area (Å²) in [5.41, 5.74) is 4.94. The zero-order valence-corrected chi connectivity index (χ0v) is 41.6. The molecule has 8 rings (SSSR count). The van der Waals surface area contributed by atoms with Crippen molar-refractivity contribution in [3.05, 3.63) is 123 Å². The number of fused-ring (bicyclic) bond motifs is 6. The predicted octanol–water partition coefficient (Wildman–Crippen LogP) is 4.24. The highest BCUT2D eigenvalue weighted by Gasteiger charge is 2.31. The Hall–Kier alpha value is -7.73. The second kappa shape index (κ2) is 26.0. The van der Waals surface area contributed by atoms with E-state index in [4.69, 9.17) is 28.1 Å². The molecule has 0 fully saturated rings. The van der Waals surface area contributed by atoms with Gasteiger partial charge in [-0.3, -0.25) is 33.7 Å². The number of amides is 5. The Kier molecular flexibility index (Phi) is 18.5. The minimum atomic E-state index is -0.543. The molecule has 0 bridgehead atoms. The highest BCUT2D eigenvalue weighted by Crippen LogP contribution is 2.41. The van der Waals surface area contributed by atoms with Crippen LogP contribution < -0.4 is 21.0 Å². The standard InChI is InChI=1S/C53H55N7O14S/c61-41-14-13-39-42(62)31-43(74-51(39)50(41)66)34-9-11-35(12-10-34)52(67)55-18-21-69-23-25-71-27-29-73-30-28-72-26-24-70-22-20-60-49-37-6-2-1-5-36(37)33-59(40-8-4-3-7-38(40)48(49)56-57-60)46(64)15-17-54-45(63)16-19-58-47(65)32-44(75)53(58)68/h1-14,31-32,61,66,75H,15-30,33H2,(H,54,63)(H,55,67). The second-order valence-electron chi connectivity index (χ2n) is 17.0. The van der Waals surface area contributed by atoms with Crippen LogP contribution in [0.2, 0.25) is 0 Å². The number of imide groups is 1. The molecule has 2 aliphatic rings. The molecule has 0 saturated carbocycles. The number of thiol groups is 1. The summed E-state index contributed by atoms with van der Waals surface area (Å²) in [6.07, 6.45) is 1.02. The summed E-state index contributed by atoms with van der Waals surface area (Å²) in [6.45, 7) is 4.48. The molecule has 4 heterocycles. The minimum Gasteiger partial charge on any atom is -0.504 e. The summed E-state index contributed by atoms with van der Waals surface area (Å²) in [5, 5.41) is 34.7. The van der Waals surface area contributed by atoms with E-state index in [1.807, 2.05) is 53.2 Å². The molecule has 392 valence electrons. The number of aromatic nitrogens is 3. The number of aromatic hydroxyl groups is 2. The van der Waals surface area contributed by atoms with Crippen molar-refractivity contribution < 1.29 is 62.3 Å². The maximum absolute atomic E-state index is 13.9. The lowest BCUT2D eigenvalue weighted by atomic mass is 9.95. The van der Waals surface area contributed by atoms with Gasteiger partial charge in [0.15, 0.2) is 16.8 Å². The van der Waals surface area contributed by atoms with Gasteiger partial charge in [0.2, 0.25) is 17.6 Å². The van der Waals surface area contributed by atoms with Gasteiger partial charge >= 0.3 is 0 Å². The number of nitrogens with one attached hydrogen (secondary N) is 2. The molecular formula is C53H55N7O14S. The molecule has 21 nitrogen and oxygen atoms in total. The number of rotatable bonds is 26. The summed E-state index contributed by atoms with van der Waals surface area (Å²) in [7, 11) is 0. The Balaban J connectivity index is 0.673. The van der Waals surface area contributed by atoms with Crippen LogP contribution in [0.3, 0.4) is 0 Å². The zero-order chi connectivity index (χ0) is 52.7. The van der Waals surface area contributed by atoms with Crippen LogP contribution in [0.4, 0.5) is 5.69 Å². The van der Waals surface area contributed by atoms with Crippen LogP contribution in [0.5, 0.6) is 11.5 Å². The van der Waals surface area contributed by atoms with Gasteiger partial charge in [-0.25, -0.2) is 4.68 Å². The van der Waals surface area contributed by atoms with Crippen LogP contribution in [0, 0.1) is 0 Å². The summed E-state index contributed by atoms with van der Waals surface area (Å²) >= 11 is 3.98. The number of ether oxygens (including phenoxy) is 5. The SMILES string of the molecule is O=C(CCN1C(=O)C=C(S)C1=O)NCCC(=O)N1Cc2ccccc2-c2c(nnn2CCOCCOCCOCCOCCOCCNC(=O)c2ccc(-c3cc(=O)c4ccc(O)c(O)c4o3)cc2)-c2ccccc21. The third-order valence-corrected chi connectivity index (χ3v) is 12.4. The Labute approximate surface area is 435 Å². The normalized spacial score (nSPS) is 13.0. The third kappa shape index (κ3) is 13.5. The summed E-state index contributed by atoms with van der Waals surface area (Å²) in [4.78, 5) is 78.4. The molecular weight excluding hydrogens is 991 g/mol. The van der Waals surface area contributed by atoms with Gasteiger partial charge in [0.1, 0.15) is 11.5 Å². The van der Waals surface area contributed by atoms with Gasteiger partial charge in [0.05, 0.1) is 101 Å². The van der Waals surface area contributed by atoms with E-state index in [0.717, 1.165) is 33.4 Å². The molecule has 5 amide bonds. The molecule has 6 aromatic rings. The molecule has 0 unspecified atom stereocenters. The van der Waals surface area contributed by atoms with Gasteiger partial charge in [-0.2, -0.15) is 0 Å². The molecule has 2 aliphatic heterocycles. The quantitative estimate of drug-likeness (QED) is 0.0220. The molecule has 4 N–H and O–H groups in total. The first kappa shape index (κ1) is 53.6. The first-order chi connectivity index (χ1) is 36.5. The highest BCUT2D eigenvalue weighted by molar-refractivity contribution is 7.85. The smallest absolute Gasteiger partial charge is 0.267 e. The molecule has 75 heavy (non-hydrogen) atoms. The van der Waals surface area contributed by atoms with Crippen molar-refractivity contribution in [2.24, 2.45) is 0 Å². The van der Waals surface area contributed by atoms with Crippen LogP contribution in [-0.4, -0.2) is 145 Å². The summed E-state index contributed by atoms with van der Waals surface area (Å²) < 4.78 is 35.8. The molecule has 0 radical (unpaired) electrons. The van der Waals surface area contributed by atoms with Crippen molar-refractivity contribution in [3.8, 4) is 45.3 Å². The summed E-state index contributed by atoms with van der Waals surface area (Å²) in [6, 6.07) is 25.5. The van der Waals surface area contributed by atoms with Gasteiger partial charge < -0.3 is 53.8 Å². The average Bonchev–Trinajstić information content (AvgIpc) is 3.95. The highest BCUT2D eigenvalue weighted by atomic mass is 32.1. The zero-order valence-electron chi connectivity index (χ0n) is 40.7. The number of hydrogen-bond donors (Lipinski definition) is 5. The van der Waals surface area contributed by atoms with E-state index in [0.29, 0.717) is 88.5 Å². The predicted molar refractivity (Wildman–Crippen MR) is 276 cm³/mol. The number of para-hydroxylation sites is 1. The van der Waals surface area contributed by atoms with Crippen molar-refractivity contribution in [3.63, 3.8) is 0 Å². The van der Waals surface area contributed by atoms with Crippen molar-refractivity contribution in [2.75, 3.05) is 90.6 Å². The fourth-order valence-electron chi connectivity index (χ4n) is 8.24. The van der Waals surface area contributed by atoms with Crippen LogP contribution in [0.15, 0.2) is 111 Å². The third-order valence-electron chi connectivity index (χ3n) is 12.0. The largest absolute Gasteiger partial charge is 0.504 e.